The average Bonchev–Trinajstić information content (AvgIpc) is 2.88. The number of anilines is 2. The van der Waals surface area contributed by atoms with Crippen LogP contribution in [-0.2, 0) is 9.59 Å². The van der Waals surface area contributed by atoms with Crippen molar-refractivity contribution in [1.29, 1.82) is 5.26 Å². The van der Waals surface area contributed by atoms with Gasteiger partial charge in [0.2, 0.25) is 0 Å². The van der Waals surface area contributed by atoms with Crippen molar-refractivity contribution < 1.29 is 23.8 Å². The van der Waals surface area contributed by atoms with E-state index in [1.165, 1.54) is 13.2 Å². The largest absolute Gasteiger partial charge is 0.497 e. The predicted molar refractivity (Wildman–Crippen MR) is 141 cm³/mol. The molecule has 0 spiro atoms. The molecule has 3 rings (SSSR count). The number of hydrogen-bond acceptors (Lipinski definition) is 6. The second kappa shape index (κ2) is 12.6. The number of hydrogen-bond donors (Lipinski definition) is 2. The van der Waals surface area contributed by atoms with Crippen molar-refractivity contribution in [2.24, 2.45) is 0 Å². The van der Waals surface area contributed by atoms with E-state index in [1.807, 2.05) is 6.07 Å². The van der Waals surface area contributed by atoms with E-state index in [9.17, 15) is 14.9 Å². The molecule has 0 bridgehead atoms. The lowest BCUT2D eigenvalue weighted by atomic mass is 10.1. The summed E-state index contributed by atoms with van der Waals surface area (Å²) in [7, 11) is 2.98. The number of rotatable bonds is 9. The molecule has 0 aromatic heterocycles. The zero-order chi connectivity index (χ0) is 26.1. The third-order valence-corrected chi connectivity index (χ3v) is 5.69. The molecule has 0 aliphatic carbocycles. The minimum absolute atomic E-state index is 0.118. The summed E-state index contributed by atoms with van der Waals surface area (Å²) in [5, 5.41) is 15.3. The Morgan fingerprint density at radius 1 is 1.06 bits per heavy atom. The minimum atomic E-state index is -0.575. The van der Waals surface area contributed by atoms with Crippen molar-refractivity contribution in [3.05, 3.63) is 81.3 Å². The lowest BCUT2D eigenvalue weighted by molar-refractivity contribution is -0.118. The zero-order valence-corrected chi connectivity index (χ0v) is 21.6. The second-order valence-electron chi connectivity index (χ2n) is 7.20. The molecular formula is C26H21BrClN3O5. The smallest absolute Gasteiger partial charge is 0.266 e. The Balaban J connectivity index is 1.73. The van der Waals surface area contributed by atoms with Gasteiger partial charge in [0, 0.05) is 5.69 Å². The highest BCUT2D eigenvalue weighted by molar-refractivity contribution is 9.10. The first kappa shape index (κ1) is 26.6. The fourth-order valence-electron chi connectivity index (χ4n) is 3.04. The molecule has 0 saturated heterocycles. The van der Waals surface area contributed by atoms with E-state index >= 15 is 0 Å². The summed E-state index contributed by atoms with van der Waals surface area (Å²) in [4.78, 5) is 24.9. The van der Waals surface area contributed by atoms with Gasteiger partial charge in [-0.2, -0.15) is 5.26 Å². The number of carbonyl (C=O) groups is 2. The summed E-state index contributed by atoms with van der Waals surface area (Å²) < 4.78 is 16.6. The number of methoxy groups -OCH3 is 2. The van der Waals surface area contributed by atoms with Crippen molar-refractivity contribution in [3.63, 3.8) is 0 Å². The van der Waals surface area contributed by atoms with E-state index in [1.54, 1.807) is 67.8 Å². The van der Waals surface area contributed by atoms with Gasteiger partial charge in [-0.15, -0.1) is 0 Å². The number of para-hydroxylation sites is 1. The van der Waals surface area contributed by atoms with Crippen LogP contribution in [0.5, 0.6) is 17.2 Å². The Morgan fingerprint density at radius 2 is 1.78 bits per heavy atom. The molecule has 0 unspecified atom stereocenters. The third kappa shape index (κ3) is 7.01. The van der Waals surface area contributed by atoms with E-state index in [4.69, 9.17) is 25.8 Å². The van der Waals surface area contributed by atoms with Crippen LogP contribution < -0.4 is 24.8 Å². The molecule has 10 heteroatoms. The van der Waals surface area contributed by atoms with Crippen LogP contribution in [0, 0.1) is 11.3 Å². The SMILES string of the molecule is COc1ccc(NC(=O)/C(C#N)=C\c2cc(Br)c(OCC(=O)Nc3ccccc3Cl)c(OC)c2)cc1. The van der Waals surface area contributed by atoms with E-state index in [0.29, 0.717) is 37.9 Å². The van der Waals surface area contributed by atoms with Crippen LogP contribution in [0.1, 0.15) is 5.56 Å². The molecule has 0 saturated carbocycles. The molecule has 0 heterocycles. The lowest BCUT2D eigenvalue weighted by Gasteiger charge is -2.14. The van der Waals surface area contributed by atoms with Crippen LogP contribution in [0.2, 0.25) is 5.02 Å². The summed E-state index contributed by atoms with van der Waals surface area (Å²) in [6.45, 7) is -0.302. The Labute approximate surface area is 221 Å². The highest BCUT2D eigenvalue weighted by Gasteiger charge is 2.16. The maximum Gasteiger partial charge on any atom is 0.266 e. The van der Waals surface area contributed by atoms with Crippen LogP contribution in [0.15, 0.2) is 70.7 Å². The van der Waals surface area contributed by atoms with Gasteiger partial charge in [0.25, 0.3) is 11.8 Å². The number of nitrogens with zero attached hydrogens (tertiary/aromatic N) is 1. The number of halogens is 2. The third-order valence-electron chi connectivity index (χ3n) is 4.77. The molecule has 2 amide bonds. The molecule has 184 valence electrons. The molecule has 0 aliphatic rings. The highest BCUT2D eigenvalue weighted by atomic mass is 79.9. The molecular weight excluding hydrogens is 550 g/mol. The number of nitrogens with one attached hydrogen (secondary N) is 2. The van der Waals surface area contributed by atoms with E-state index < -0.39 is 11.8 Å². The maximum absolute atomic E-state index is 12.6. The van der Waals surface area contributed by atoms with Crippen molar-refractivity contribution in [2.45, 2.75) is 0 Å². The van der Waals surface area contributed by atoms with Crippen LogP contribution in [-0.4, -0.2) is 32.6 Å². The van der Waals surface area contributed by atoms with Gasteiger partial charge in [-0.1, -0.05) is 23.7 Å². The Hall–Kier alpha value is -4.00. The molecule has 0 fully saturated rings. The fraction of sp³-hybridized carbons (Fsp3) is 0.115. The van der Waals surface area contributed by atoms with E-state index in [0.717, 1.165) is 0 Å². The van der Waals surface area contributed by atoms with Crippen molar-refractivity contribution in [3.8, 4) is 23.3 Å². The first-order valence-electron chi connectivity index (χ1n) is 10.5. The van der Waals surface area contributed by atoms with Gasteiger partial charge in [0.1, 0.15) is 17.4 Å². The topological polar surface area (TPSA) is 110 Å². The Morgan fingerprint density at radius 3 is 2.42 bits per heavy atom. The quantitative estimate of drug-likeness (QED) is 0.253. The van der Waals surface area contributed by atoms with E-state index in [2.05, 4.69) is 26.6 Å². The first-order chi connectivity index (χ1) is 17.3. The molecule has 8 nitrogen and oxygen atoms in total. The van der Waals surface area contributed by atoms with Gasteiger partial charge in [0.15, 0.2) is 18.1 Å². The molecule has 3 aromatic rings. The lowest BCUT2D eigenvalue weighted by Crippen LogP contribution is -2.20. The highest BCUT2D eigenvalue weighted by Crippen LogP contribution is 2.37. The Kier molecular flexibility index (Phi) is 9.33. The van der Waals surface area contributed by atoms with Gasteiger partial charge in [-0.05, 0) is 76.1 Å². The summed E-state index contributed by atoms with van der Waals surface area (Å²) in [5.41, 5.74) is 1.37. The normalized spacial score (nSPS) is 10.7. The summed E-state index contributed by atoms with van der Waals surface area (Å²) in [6.07, 6.45) is 1.42. The number of benzene rings is 3. The molecule has 2 N–H and O–H groups in total. The molecule has 0 radical (unpaired) electrons. The first-order valence-corrected chi connectivity index (χ1v) is 11.6. The van der Waals surface area contributed by atoms with Crippen LogP contribution in [0.3, 0.4) is 0 Å². The van der Waals surface area contributed by atoms with Crippen molar-refractivity contribution in [2.75, 3.05) is 31.5 Å². The molecule has 0 aliphatic heterocycles. The number of amides is 2. The summed E-state index contributed by atoms with van der Waals surface area (Å²) >= 11 is 9.47. The monoisotopic (exact) mass is 569 g/mol. The second-order valence-corrected chi connectivity index (χ2v) is 8.46. The van der Waals surface area contributed by atoms with Crippen LogP contribution in [0.4, 0.5) is 11.4 Å². The van der Waals surface area contributed by atoms with Gasteiger partial charge >= 0.3 is 0 Å². The minimum Gasteiger partial charge on any atom is -0.497 e. The van der Waals surface area contributed by atoms with Gasteiger partial charge < -0.3 is 24.8 Å². The summed E-state index contributed by atoms with van der Waals surface area (Å²) in [6, 6.07) is 18.7. The number of carbonyl (C=O) groups excluding carboxylic acids is 2. The van der Waals surface area contributed by atoms with Crippen LogP contribution in [0.25, 0.3) is 6.08 Å². The fourth-order valence-corrected chi connectivity index (χ4v) is 3.79. The number of nitriles is 1. The number of ether oxygens (including phenoxy) is 3. The molecule has 3 aromatic carbocycles. The van der Waals surface area contributed by atoms with Crippen molar-refractivity contribution in [1.82, 2.24) is 0 Å². The molecule has 36 heavy (non-hydrogen) atoms. The van der Waals surface area contributed by atoms with Gasteiger partial charge in [-0.25, -0.2) is 0 Å². The predicted octanol–water partition coefficient (Wildman–Crippen LogP) is 5.68. The average molecular weight is 571 g/mol. The summed E-state index contributed by atoms with van der Waals surface area (Å²) in [5.74, 6) is 0.237. The van der Waals surface area contributed by atoms with Crippen molar-refractivity contribution >= 4 is 56.8 Å². The Bertz CT molecular complexity index is 1340. The maximum atomic E-state index is 12.6. The van der Waals surface area contributed by atoms with E-state index in [-0.39, 0.29) is 17.9 Å². The standard InChI is InChI=1S/C26H21BrClN3O5/c1-34-19-9-7-18(8-10-19)30-26(33)17(14-29)11-16-12-20(27)25(23(13-16)35-2)36-15-24(32)31-22-6-4-3-5-21(22)28/h3-13H,15H2,1-2H3,(H,30,33)(H,31,32)/b17-11-. The van der Waals surface area contributed by atoms with Crippen LogP contribution >= 0.6 is 27.5 Å². The van der Waals surface area contributed by atoms with Gasteiger partial charge in [-0.3, -0.25) is 9.59 Å². The zero-order valence-electron chi connectivity index (χ0n) is 19.3. The molecule has 0 atom stereocenters. The van der Waals surface area contributed by atoms with Gasteiger partial charge in [0.05, 0.1) is 29.4 Å².